The molecule has 2 heterocycles. The smallest absolute Gasteiger partial charge is 0.191 e. The first-order valence-corrected chi connectivity index (χ1v) is 9.75. The molecule has 0 radical (unpaired) electrons. The number of ether oxygens (including phenoxy) is 2. The third kappa shape index (κ3) is 6.77. The van der Waals surface area contributed by atoms with Crippen molar-refractivity contribution in [3.63, 3.8) is 0 Å². The Balaban J connectivity index is 0.00000300. The van der Waals surface area contributed by atoms with Gasteiger partial charge in [-0.2, -0.15) is 0 Å². The third-order valence-electron chi connectivity index (χ3n) is 4.06. The highest BCUT2D eigenvalue weighted by Gasteiger charge is 2.08. The maximum Gasteiger partial charge on any atom is 0.191 e. The molecule has 0 fully saturated rings. The Morgan fingerprint density at radius 3 is 2.76 bits per heavy atom. The molecule has 0 spiro atoms. The summed E-state index contributed by atoms with van der Waals surface area (Å²) in [6.45, 7) is 3.18. The fraction of sp³-hybridized carbons (Fsp3) is 0.300. The largest absolute Gasteiger partial charge is 0.497 e. The van der Waals surface area contributed by atoms with Crippen molar-refractivity contribution in [1.82, 2.24) is 20.0 Å². The second-order valence-corrected chi connectivity index (χ2v) is 7.17. The Morgan fingerprint density at radius 1 is 1.21 bits per heavy atom. The van der Waals surface area contributed by atoms with Crippen LogP contribution in [0.15, 0.2) is 58.3 Å². The van der Waals surface area contributed by atoms with Crippen molar-refractivity contribution >= 4 is 51.5 Å². The van der Waals surface area contributed by atoms with E-state index in [-0.39, 0.29) is 30.1 Å². The van der Waals surface area contributed by atoms with Crippen LogP contribution in [0.3, 0.4) is 0 Å². The number of imidazole rings is 1. The summed E-state index contributed by atoms with van der Waals surface area (Å²) in [5, 5.41) is 6.55. The van der Waals surface area contributed by atoms with Crippen LogP contribution < -0.4 is 20.1 Å². The molecule has 0 aliphatic rings. The number of rotatable bonds is 7. The van der Waals surface area contributed by atoms with E-state index in [1.165, 1.54) is 0 Å². The number of aromatic nitrogens is 2. The van der Waals surface area contributed by atoms with Crippen LogP contribution in [0.5, 0.6) is 11.5 Å². The number of pyridine rings is 1. The summed E-state index contributed by atoms with van der Waals surface area (Å²) in [6, 6.07) is 11.5. The van der Waals surface area contributed by atoms with Crippen molar-refractivity contribution < 1.29 is 9.47 Å². The van der Waals surface area contributed by atoms with Crippen molar-refractivity contribution in [3.8, 4) is 11.5 Å². The van der Waals surface area contributed by atoms with Gasteiger partial charge in [-0.05, 0) is 47.1 Å². The van der Waals surface area contributed by atoms with Gasteiger partial charge < -0.3 is 24.5 Å². The lowest BCUT2D eigenvalue weighted by atomic mass is 10.3. The predicted octanol–water partition coefficient (Wildman–Crippen LogP) is 3.86. The van der Waals surface area contributed by atoms with Gasteiger partial charge in [0.2, 0.25) is 0 Å². The molecule has 0 saturated heterocycles. The second-order valence-electron chi connectivity index (χ2n) is 6.26. The molecule has 1 aromatic carbocycles. The van der Waals surface area contributed by atoms with Crippen molar-refractivity contribution in [2.45, 2.75) is 19.6 Å². The highest BCUT2D eigenvalue weighted by Crippen LogP contribution is 2.19. The fourth-order valence-corrected chi connectivity index (χ4v) is 3.04. The van der Waals surface area contributed by atoms with E-state index in [0.29, 0.717) is 19.0 Å². The van der Waals surface area contributed by atoms with Crippen LogP contribution in [0.4, 0.5) is 0 Å². The van der Waals surface area contributed by atoms with Crippen LogP contribution in [0, 0.1) is 0 Å². The molecule has 7 nitrogen and oxygen atoms in total. The lowest BCUT2D eigenvalue weighted by molar-refractivity contribution is 0.223. The summed E-state index contributed by atoms with van der Waals surface area (Å²) in [4.78, 5) is 8.84. The number of fused-ring (bicyclic) bond motifs is 1. The van der Waals surface area contributed by atoms with E-state index in [0.717, 1.165) is 27.3 Å². The lowest BCUT2D eigenvalue weighted by Crippen LogP contribution is -2.41. The number of nitrogens with zero attached hydrogens (tertiary/aromatic N) is 3. The summed E-state index contributed by atoms with van der Waals surface area (Å²) >= 11 is 3.47. The minimum Gasteiger partial charge on any atom is -0.497 e. The van der Waals surface area contributed by atoms with Crippen molar-refractivity contribution in [2.24, 2.45) is 4.99 Å². The first-order chi connectivity index (χ1) is 13.6. The molecule has 0 aliphatic carbocycles. The van der Waals surface area contributed by atoms with Gasteiger partial charge in [-0.3, -0.25) is 4.99 Å². The van der Waals surface area contributed by atoms with Crippen molar-refractivity contribution in [3.05, 3.63) is 59.0 Å². The van der Waals surface area contributed by atoms with Gasteiger partial charge in [-0.25, -0.2) is 4.98 Å². The summed E-state index contributed by atoms with van der Waals surface area (Å²) < 4.78 is 14.1. The van der Waals surface area contributed by atoms with Gasteiger partial charge in [0.25, 0.3) is 0 Å². The molecule has 3 rings (SSSR count). The molecular weight excluding hydrogens is 549 g/mol. The third-order valence-corrected chi connectivity index (χ3v) is 4.53. The zero-order valence-corrected chi connectivity index (χ0v) is 20.5. The van der Waals surface area contributed by atoms with E-state index in [1.807, 2.05) is 60.1 Å². The highest BCUT2D eigenvalue weighted by molar-refractivity contribution is 14.0. The minimum atomic E-state index is -0.0433. The average molecular weight is 574 g/mol. The number of halogens is 2. The number of benzene rings is 1. The van der Waals surface area contributed by atoms with E-state index in [1.54, 1.807) is 14.2 Å². The van der Waals surface area contributed by atoms with E-state index in [4.69, 9.17) is 9.47 Å². The van der Waals surface area contributed by atoms with Crippen molar-refractivity contribution in [2.75, 3.05) is 20.7 Å². The standard InChI is InChI=1S/C20H24BrN5O2.HI/c1-14(28-18-6-4-5-17(9-18)27-3)10-23-20(22-2)24-11-16-13-26-12-15(21)7-8-19(26)25-16;/h4-9,12-14H,10-11H2,1-3H3,(H2,22,23,24);1H. The lowest BCUT2D eigenvalue weighted by Gasteiger charge is -2.17. The molecule has 1 unspecified atom stereocenters. The molecule has 0 saturated carbocycles. The minimum absolute atomic E-state index is 0. The van der Waals surface area contributed by atoms with Crippen molar-refractivity contribution in [1.29, 1.82) is 0 Å². The molecular formula is C20H25BrIN5O2. The van der Waals surface area contributed by atoms with Gasteiger partial charge in [-0.1, -0.05) is 6.07 Å². The van der Waals surface area contributed by atoms with Crippen LogP contribution in [-0.4, -0.2) is 42.2 Å². The van der Waals surface area contributed by atoms with Crippen LogP contribution in [0.1, 0.15) is 12.6 Å². The van der Waals surface area contributed by atoms with E-state index in [9.17, 15) is 0 Å². The van der Waals surface area contributed by atoms with Gasteiger partial charge in [-0.15, -0.1) is 24.0 Å². The molecule has 1 atom stereocenters. The summed E-state index contributed by atoms with van der Waals surface area (Å²) in [5.41, 5.74) is 1.84. The molecule has 2 N–H and O–H groups in total. The van der Waals surface area contributed by atoms with Crippen LogP contribution in [0.2, 0.25) is 0 Å². The van der Waals surface area contributed by atoms with Gasteiger partial charge >= 0.3 is 0 Å². The molecule has 0 amide bonds. The van der Waals surface area contributed by atoms with Crippen LogP contribution in [0.25, 0.3) is 5.65 Å². The number of guanidine groups is 1. The Labute approximate surface area is 196 Å². The monoisotopic (exact) mass is 573 g/mol. The summed E-state index contributed by atoms with van der Waals surface area (Å²) in [5.74, 6) is 2.24. The van der Waals surface area contributed by atoms with Crippen LogP contribution in [-0.2, 0) is 6.54 Å². The molecule has 0 bridgehead atoms. The predicted molar refractivity (Wildman–Crippen MR) is 130 cm³/mol. The second kappa shape index (κ2) is 11.2. The number of aliphatic imine (C=N–C) groups is 1. The van der Waals surface area contributed by atoms with E-state index >= 15 is 0 Å². The molecule has 3 aromatic rings. The number of hydrogen-bond acceptors (Lipinski definition) is 4. The molecule has 29 heavy (non-hydrogen) atoms. The number of hydrogen-bond donors (Lipinski definition) is 2. The average Bonchev–Trinajstić information content (AvgIpc) is 3.10. The zero-order valence-electron chi connectivity index (χ0n) is 16.6. The molecule has 2 aromatic heterocycles. The molecule has 0 aliphatic heterocycles. The first-order valence-electron chi connectivity index (χ1n) is 8.95. The Kier molecular flexibility index (Phi) is 9.02. The van der Waals surface area contributed by atoms with Gasteiger partial charge in [0.05, 0.1) is 25.9 Å². The Hall–Kier alpha value is -2.01. The maximum atomic E-state index is 5.92. The van der Waals surface area contributed by atoms with Gasteiger partial charge in [0.1, 0.15) is 23.3 Å². The fourth-order valence-electron chi connectivity index (χ4n) is 2.69. The Bertz CT molecular complexity index is 963. The first kappa shape index (κ1) is 23.3. The summed E-state index contributed by atoms with van der Waals surface area (Å²) in [7, 11) is 3.38. The Morgan fingerprint density at radius 2 is 2.00 bits per heavy atom. The highest BCUT2D eigenvalue weighted by atomic mass is 127. The van der Waals surface area contributed by atoms with Gasteiger partial charge in [0.15, 0.2) is 5.96 Å². The molecule has 9 heteroatoms. The number of nitrogens with one attached hydrogen (secondary N) is 2. The quantitative estimate of drug-likeness (QED) is 0.255. The maximum absolute atomic E-state index is 5.92. The van der Waals surface area contributed by atoms with E-state index < -0.39 is 0 Å². The number of methoxy groups -OCH3 is 1. The van der Waals surface area contributed by atoms with E-state index in [2.05, 4.69) is 36.5 Å². The SMILES string of the molecule is CN=C(NCc1cn2cc(Br)ccc2n1)NCC(C)Oc1cccc(OC)c1.I. The summed E-state index contributed by atoms with van der Waals surface area (Å²) in [6.07, 6.45) is 3.93. The normalized spacial score (nSPS) is 12.2. The van der Waals surface area contributed by atoms with Crippen LogP contribution >= 0.6 is 39.9 Å². The topological polar surface area (TPSA) is 72.2 Å². The zero-order chi connectivity index (χ0) is 19.9. The van der Waals surface area contributed by atoms with Gasteiger partial charge in [0, 0.05) is 30.0 Å². The molecule has 156 valence electrons.